The predicted molar refractivity (Wildman–Crippen MR) is 123 cm³/mol. The van der Waals surface area contributed by atoms with Crippen LogP contribution in [0.2, 0.25) is 5.02 Å². The van der Waals surface area contributed by atoms with Gasteiger partial charge in [-0.05, 0) is 67.0 Å². The first-order valence-electron chi connectivity index (χ1n) is 9.48. The van der Waals surface area contributed by atoms with E-state index in [0.717, 1.165) is 50.8 Å². The van der Waals surface area contributed by atoms with Crippen molar-refractivity contribution in [2.45, 2.75) is 27.2 Å². The summed E-state index contributed by atoms with van der Waals surface area (Å²) in [5.74, 6) is 0.335. The molecule has 0 atom stereocenters. The molecule has 0 aliphatic heterocycles. The van der Waals surface area contributed by atoms with Crippen LogP contribution in [0.1, 0.15) is 27.9 Å². The SMILES string of the molecule is Cc1cc(Cl)cnc1C.Cc1ccc(Cc2ccc3ccccc3c2N)cc1O. The van der Waals surface area contributed by atoms with Crippen LogP contribution in [0.15, 0.2) is 66.9 Å². The second-order valence-electron chi connectivity index (χ2n) is 7.21. The molecule has 1 heterocycles. The average molecular weight is 405 g/mol. The number of benzene rings is 3. The Morgan fingerprint density at radius 3 is 2.38 bits per heavy atom. The van der Waals surface area contributed by atoms with E-state index in [4.69, 9.17) is 17.3 Å². The fourth-order valence-corrected chi connectivity index (χ4v) is 3.30. The molecule has 0 spiro atoms. The molecule has 148 valence electrons. The number of nitrogens with zero attached hydrogens (tertiary/aromatic N) is 1. The molecule has 0 saturated heterocycles. The molecule has 4 rings (SSSR count). The van der Waals surface area contributed by atoms with Gasteiger partial charge in [0.15, 0.2) is 0 Å². The van der Waals surface area contributed by atoms with Crippen molar-refractivity contribution in [3.8, 4) is 5.75 Å². The van der Waals surface area contributed by atoms with E-state index in [-0.39, 0.29) is 0 Å². The van der Waals surface area contributed by atoms with E-state index in [9.17, 15) is 5.11 Å². The van der Waals surface area contributed by atoms with Gasteiger partial charge in [-0.15, -0.1) is 0 Å². The van der Waals surface area contributed by atoms with Crippen LogP contribution in [0, 0.1) is 20.8 Å². The summed E-state index contributed by atoms with van der Waals surface area (Å²) in [6.45, 7) is 5.85. The molecule has 4 aromatic rings. The molecule has 0 unspecified atom stereocenters. The van der Waals surface area contributed by atoms with Gasteiger partial charge in [0.25, 0.3) is 0 Å². The molecule has 0 amide bonds. The number of halogens is 1. The molecule has 4 heteroatoms. The van der Waals surface area contributed by atoms with Gasteiger partial charge in [0.2, 0.25) is 0 Å². The molecule has 0 bridgehead atoms. The highest BCUT2D eigenvalue weighted by atomic mass is 35.5. The average Bonchev–Trinajstić information content (AvgIpc) is 2.71. The quantitative estimate of drug-likeness (QED) is 0.381. The van der Waals surface area contributed by atoms with Crippen molar-refractivity contribution in [3.05, 3.63) is 99.8 Å². The Morgan fingerprint density at radius 2 is 1.69 bits per heavy atom. The summed E-state index contributed by atoms with van der Waals surface area (Å²) in [6.07, 6.45) is 2.38. The summed E-state index contributed by atoms with van der Waals surface area (Å²) in [4.78, 5) is 4.05. The normalized spacial score (nSPS) is 10.5. The minimum Gasteiger partial charge on any atom is -0.508 e. The number of hydrogen-bond acceptors (Lipinski definition) is 3. The maximum absolute atomic E-state index is 9.79. The molecular formula is C25H25ClN2O. The Kier molecular flexibility index (Phi) is 6.40. The molecule has 0 radical (unpaired) electrons. The zero-order chi connectivity index (χ0) is 21.0. The number of pyridine rings is 1. The van der Waals surface area contributed by atoms with Crippen LogP contribution >= 0.6 is 11.6 Å². The number of anilines is 1. The van der Waals surface area contributed by atoms with E-state index < -0.39 is 0 Å². The number of nitrogen functional groups attached to an aromatic ring is 1. The molecular weight excluding hydrogens is 380 g/mol. The lowest BCUT2D eigenvalue weighted by molar-refractivity contribution is 0.470. The van der Waals surface area contributed by atoms with Gasteiger partial charge in [0.1, 0.15) is 5.75 Å². The Balaban J connectivity index is 0.000000224. The van der Waals surface area contributed by atoms with Crippen molar-refractivity contribution >= 4 is 28.1 Å². The van der Waals surface area contributed by atoms with Crippen molar-refractivity contribution in [3.63, 3.8) is 0 Å². The van der Waals surface area contributed by atoms with Gasteiger partial charge in [-0.25, -0.2) is 0 Å². The van der Waals surface area contributed by atoms with Crippen molar-refractivity contribution in [2.75, 3.05) is 5.73 Å². The number of hydrogen-bond donors (Lipinski definition) is 2. The molecule has 1 aromatic heterocycles. The smallest absolute Gasteiger partial charge is 0.118 e. The lowest BCUT2D eigenvalue weighted by Gasteiger charge is -2.10. The second-order valence-corrected chi connectivity index (χ2v) is 7.65. The fourth-order valence-electron chi connectivity index (χ4n) is 3.09. The number of phenolic OH excluding ortho intramolecular Hbond substituents is 1. The van der Waals surface area contributed by atoms with Gasteiger partial charge in [-0.1, -0.05) is 60.1 Å². The van der Waals surface area contributed by atoms with Crippen molar-refractivity contribution < 1.29 is 5.11 Å². The zero-order valence-electron chi connectivity index (χ0n) is 16.9. The third-order valence-corrected chi connectivity index (χ3v) is 5.24. The molecule has 0 aliphatic rings. The van der Waals surface area contributed by atoms with E-state index in [1.807, 2.05) is 63.2 Å². The maximum atomic E-state index is 9.79. The minimum atomic E-state index is 0.335. The monoisotopic (exact) mass is 404 g/mol. The summed E-state index contributed by atoms with van der Waals surface area (Å²) in [5, 5.41) is 12.7. The summed E-state index contributed by atoms with van der Waals surface area (Å²) in [6, 6.07) is 20.0. The molecule has 3 N–H and O–H groups in total. The van der Waals surface area contributed by atoms with Gasteiger partial charge in [0.05, 0.1) is 5.02 Å². The van der Waals surface area contributed by atoms with Crippen LogP contribution in [-0.2, 0) is 6.42 Å². The van der Waals surface area contributed by atoms with E-state index >= 15 is 0 Å². The Bertz CT molecular complexity index is 1150. The standard InChI is InChI=1S/C18H17NO.C7H8ClN/c1-12-6-7-13(11-17(12)20)10-15-9-8-14-4-2-3-5-16(14)18(15)19;1-5-3-7(8)4-9-6(5)2/h2-9,11,20H,10,19H2,1H3;3-4H,1-2H3. The lowest BCUT2D eigenvalue weighted by atomic mass is 9.98. The van der Waals surface area contributed by atoms with Crippen LogP contribution in [0.4, 0.5) is 5.69 Å². The van der Waals surface area contributed by atoms with Gasteiger partial charge in [0, 0.05) is 23.0 Å². The van der Waals surface area contributed by atoms with Crippen LogP contribution in [0.5, 0.6) is 5.75 Å². The first kappa shape index (κ1) is 20.7. The fraction of sp³-hybridized carbons (Fsp3) is 0.160. The largest absolute Gasteiger partial charge is 0.508 e. The van der Waals surface area contributed by atoms with Gasteiger partial charge >= 0.3 is 0 Å². The Morgan fingerprint density at radius 1 is 0.931 bits per heavy atom. The number of phenols is 1. The highest BCUT2D eigenvalue weighted by Crippen LogP contribution is 2.27. The van der Waals surface area contributed by atoms with Crippen molar-refractivity contribution in [2.24, 2.45) is 0 Å². The number of fused-ring (bicyclic) bond motifs is 1. The van der Waals surface area contributed by atoms with Crippen LogP contribution in [0.25, 0.3) is 10.8 Å². The molecule has 0 fully saturated rings. The van der Waals surface area contributed by atoms with Crippen molar-refractivity contribution in [1.82, 2.24) is 4.98 Å². The lowest BCUT2D eigenvalue weighted by Crippen LogP contribution is -1.97. The third kappa shape index (κ3) is 5.07. The number of nitrogens with two attached hydrogens (primary N) is 1. The number of aryl methyl sites for hydroxylation is 3. The molecule has 0 aliphatic carbocycles. The molecule has 3 aromatic carbocycles. The second kappa shape index (κ2) is 8.97. The first-order chi connectivity index (χ1) is 13.8. The third-order valence-electron chi connectivity index (χ3n) is 5.04. The zero-order valence-corrected chi connectivity index (χ0v) is 17.7. The minimum absolute atomic E-state index is 0.335. The summed E-state index contributed by atoms with van der Waals surface area (Å²) in [7, 11) is 0. The summed E-state index contributed by atoms with van der Waals surface area (Å²) < 4.78 is 0. The van der Waals surface area contributed by atoms with E-state index in [0.29, 0.717) is 10.8 Å². The number of rotatable bonds is 2. The molecule has 3 nitrogen and oxygen atoms in total. The topological polar surface area (TPSA) is 59.1 Å². The summed E-state index contributed by atoms with van der Waals surface area (Å²) in [5.41, 5.74) is 12.3. The molecule has 0 saturated carbocycles. The van der Waals surface area contributed by atoms with Gasteiger partial charge in [-0.2, -0.15) is 0 Å². The van der Waals surface area contributed by atoms with Crippen molar-refractivity contribution in [1.29, 1.82) is 0 Å². The van der Waals surface area contributed by atoms with Crippen LogP contribution in [-0.4, -0.2) is 10.1 Å². The Hall–Kier alpha value is -3.04. The highest BCUT2D eigenvalue weighted by molar-refractivity contribution is 6.30. The molecule has 29 heavy (non-hydrogen) atoms. The number of aromatic hydroxyl groups is 1. The van der Waals surface area contributed by atoms with E-state index in [1.165, 1.54) is 0 Å². The number of aromatic nitrogens is 1. The summed E-state index contributed by atoms with van der Waals surface area (Å²) >= 11 is 5.65. The Labute approximate surface area is 176 Å². The predicted octanol–water partition coefficient (Wildman–Crippen LogP) is 6.38. The van der Waals surface area contributed by atoms with E-state index in [1.54, 1.807) is 6.20 Å². The highest BCUT2D eigenvalue weighted by Gasteiger charge is 2.06. The maximum Gasteiger partial charge on any atom is 0.118 e. The van der Waals surface area contributed by atoms with Crippen LogP contribution in [0.3, 0.4) is 0 Å². The van der Waals surface area contributed by atoms with Gasteiger partial charge < -0.3 is 10.8 Å². The first-order valence-corrected chi connectivity index (χ1v) is 9.86. The van der Waals surface area contributed by atoms with Crippen LogP contribution < -0.4 is 5.73 Å². The van der Waals surface area contributed by atoms with E-state index in [2.05, 4.69) is 23.2 Å². The van der Waals surface area contributed by atoms with Gasteiger partial charge in [-0.3, -0.25) is 4.98 Å².